The van der Waals surface area contributed by atoms with Gasteiger partial charge in [-0.05, 0) is 44.2 Å². The number of fused-ring (bicyclic) bond motifs is 1. The van der Waals surface area contributed by atoms with Crippen molar-refractivity contribution in [1.82, 2.24) is 0 Å². The fourth-order valence-electron chi connectivity index (χ4n) is 2.90. The Bertz CT molecular complexity index is 976. The van der Waals surface area contributed by atoms with Gasteiger partial charge in [-0.25, -0.2) is 4.79 Å². The molecule has 0 atom stereocenters. The van der Waals surface area contributed by atoms with Gasteiger partial charge in [0.15, 0.2) is 0 Å². The molecule has 0 saturated carbocycles. The highest BCUT2D eigenvalue weighted by Crippen LogP contribution is 2.38. The van der Waals surface area contributed by atoms with Crippen LogP contribution in [0.25, 0.3) is 0 Å². The number of ether oxygens (including phenoxy) is 1. The zero-order chi connectivity index (χ0) is 21.2. The van der Waals surface area contributed by atoms with Crippen molar-refractivity contribution in [2.75, 3.05) is 28.7 Å². The second-order valence-electron chi connectivity index (χ2n) is 7.27. The third-order valence-electron chi connectivity index (χ3n) is 4.41. The summed E-state index contributed by atoms with van der Waals surface area (Å²) >= 11 is 11.9. The maximum Gasteiger partial charge on any atom is 0.323 e. The van der Waals surface area contributed by atoms with Crippen molar-refractivity contribution in [1.29, 1.82) is 0 Å². The molecule has 0 aliphatic carbocycles. The Morgan fingerprint density at radius 3 is 2.48 bits per heavy atom. The van der Waals surface area contributed by atoms with Crippen molar-refractivity contribution >= 4 is 52.2 Å². The van der Waals surface area contributed by atoms with Gasteiger partial charge in [0.2, 0.25) is 5.91 Å². The van der Waals surface area contributed by atoms with Crippen LogP contribution in [0.15, 0.2) is 49.1 Å². The van der Waals surface area contributed by atoms with Gasteiger partial charge in [0.1, 0.15) is 12.4 Å². The van der Waals surface area contributed by atoms with Crippen molar-refractivity contribution in [3.8, 4) is 5.75 Å². The largest absolute Gasteiger partial charge is 0.490 e. The summed E-state index contributed by atoms with van der Waals surface area (Å²) in [7, 11) is 0. The maximum atomic E-state index is 12.8. The van der Waals surface area contributed by atoms with Gasteiger partial charge in [0, 0.05) is 24.0 Å². The Balaban J connectivity index is 1.80. The summed E-state index contributed by atoms with van der Waals surface area (Å²) in [6.45, 7) is 7.99. The van der Waals surface area contributed by atoms with Crippen molar-refractivity contribution in [3.63, 3.8) is 0 Å². The van der Waals surface area contributed by atoms with Crippen LogP contribution in [0.4, 0.5) is 21.9 Å². The van der Waals surface area contributed by atoms with Crippen molar-refractivity contribution in [2.45, 2.75) is 13.8 Å². The zero-order valence-electron chi connectivity index (χ0n) is 16.1. The lowest BCUT2D eigenvalue weighted by atomic mass is 9.93. The zero-order valence-corrected chi connectivity index (χ0v) is 17.6. The Morgan fingerprint density at radius 1 is 1.17 bits per heavy atom. The van der Waals surface area contributed by atoms with Gasteiger partial charge in [0.25, 0.3) is 0 Å². The van der Waals surface area contributed by atoms with Gasteiger partial charge in [-0.1, -0.05) is 29.3 Å². The van der Waals surface area contributed by atoms with E-state index in [-0.39, 0.29) is 12.5 Å². The molecule has 1 aliphatic rings. The van der Waals surface area contributed by atoms with E-state index in [2.05, 4.69) is 17.2 Å². The number of urea groups is 1. The summed E-state index contributed by atoms with van der Waals surface area (Å²) in [5.74, 6) is 0.465. The lowest BCUT2D eigenvalue weighted by Gasteiger charge is -2.27. The Labute approximate surface area is 179 Å². The van der Waals surface area contributed by atoms with Crippen LogP contribution in [-0.2, 0) is 4.79 Å². The third kappa shape index (κ3) is 4.66. The minimum atomic E-state index is -0.680. The van der Waals surface area contributed by atoms with Gasteiger partial charge in [0.05, 0.1) is 21.1 Å². The number of carbonyl (C=O) groups excluding carboxylic acids is 2. The first-order valence-electron chi connectivity index (χ1n) is 8.94. The van der Waals surface area contributed by atoms with Crippen LogP contribution in [0.1, 0.15) is 13.8 Å². The van der Waals surface area contributed by atoms with Crippen LogP contribution in [-0.4, -0.2) is 25.1 Å². The number of carbonyl (C=O) groups is 2. The monoisotopic (exact) mass is 433 g/mol. The van der Waals surface area contributed by atoms with E-state index in [9.17, 15) is 9.59 Å². The fraction of sp³-hybridized carbons (Fsp3) is 0.238. The average Bonchev–Trinajstić information content (AvgIpc) is 2.75. The maximum absolute atomic E-state index is 12.8. The molecule has 0 aromatic heterocycles. The number of nitrogens with zero attached hydrogens (tertiary/aromatic N) is 1. The van der Waals surface area contributed by atoms with Crippen LogP contribution >= 0.6 is 23.2 Å². The molecular formula is C21H21Cl2N3O3. The molecule has 8 heteroatoms. The number of benzene rings is 2. The SMILES string of the molecule is C=CCN1C(=O)C(C)(C)COc2cc(NC(=O)Nc3ccc(Cl)c(Cl)c3)ccc21. The number of rotatable bonds is 4. The van der Waals surface area contributed by atoms with Crippen LogP contribution < -0.4 is 20.3 Å². The highest BCUT2D eigenvalue weighted by molar-refractivity contribution is 6.42. The van der Waals surface area contributed by atoms with E-state index >= 15 is 0 Å². The molecule has 1 aliphatic heterocycles. The molecule has 0 radical (unpaired) electrons. The molecule has 1 heterocycles. The number of nitrogens with one attached hydrogen (secondary N) is 2. The molecule has 0 saturated heterocycles. The van der Waals surface area contributed by atoms with Crippen molar-refractivity contribution < 1.29 is 14.3 Å². The number of anilines is 3. The van der Waals surface area contributed by atoms with Crippen LogP contribution in [0.3, 0.4) is 0 Å². The van der Waals surface area contributed by atoms with E-state index in [0.717, 1.165) is 0 Å². The summed E-state index contributed by atoms with van der Waals surface area (Å²) in [6, 6.07) is 9.50. The minimum Gasteiger partial charge on any atom is -0.490 e. The first kappa shape index (κ1) is 21.0. The van der Waals surface area contributed by atoms with Gasteiger partial charge < -0.3 is 20.3 Å². The van der Waals surface area contributed by atoms with Crippen LogP contribution in [0, 0.1) is 5.41 Å². The summed E-state index contributed by atoms with van der Waals surface area (Å²) in [4.78, 5) is 26.8. The second kappa shape index (κ2) is 8.35. The molecule has 6 nitrogen and oxygen atoms in total. The van der Waals surface area contributed by atoms with E-state index in [0.29, 0.717) is 39.4 Å². The topological polar surface area (TPSA) is 70.7 Å². The third-order valence-corrected chi connectivity index (χ3v) is 5.15. The van der Waals surface area contributed by atoms with Gasteiger partial charge >= 0.3 is 6.03 Å². The quantitative estimate of drug-likeness (QED) is 0.618. The van der Waals surface area contributed by atoms with E-state index < -0.39 is 11.4 Å². The smallest absolute Gasteiger partial charge is 0.323 e. The molecule has 3 rings (SSSR count). The highest BCUT2D eigenvalue weighted by atomic mass is 35.5. The highest BCUT2D eigenvalue weighted by Gasteiger charge is 2.37. The number of amides is 3. The van der Waals surface area contributed by atoms with Crippen molar-refractivity contribution in [2.24, 2.45) is 5.41 Å². The molecule has 0 bridgehead atoms. The van der Waals surface area contributed by atoms with Gasteiger partial charge in [-0.15, -0.1) is 6.58 Å². The molecular weight excluding hydrogens is 413 g/mol. The molecule has 0 fully saturated rings. The van der Waals surface area contributed by atoms with E-state index in [4.69, 9.17) is 27.9 Å². The van der Waals surface area contributed by atoms with E-state index in [1.165, 1.54) is 0 Å². The molecule has 2 N–H and O–H groups in total. The number of hydrogen-bond donors (Lipinski definition) is 2. The summed E-state index contributed by atoms with van der Waals surface area (Å²) < 4.78 is 5.88. The standard InChI is InChI=1S/C21H21Cl2N3O3/c1-4-9-26-17-8-6-14(11-18(17)29-12-21(2,3)19(26)27)25-20(28)24-13-5-7-15(22)16(23)10-13/h4-8,10-11H,1,9,12H2,2-3H3,(H2,24,25,28). The molecule has 2 aromatic carbocycles. The summed E-state index contributed by atoms with van der Waals surface area (Å²) in [6.07, 6.45) is 1.67. The minimum absolute atomic E-state index is 0.0470. The molecule has 2 aromatic rings. The summed E-state index contributed by atoms with van der Waals surface area (Å²) in [5.41, 5.74) is 0.983. The predicted molar refractivity (Wildman–Crippen MR) is 117 cm³/mol. The Morgan fingerprint density at radius 2 is 1.83 bits per heavy atom. The Kier molecular flexibility index (Phi) is 6.05. The lowest BCUT2D eigenvalue weighted by Crippen LogP contribution is -2.42. The normalized spacial score (nSPS) is 15.0. The molecule has 3 amide bonds. The lowest BCUT2D eigenvalue weighted by molar-refractivity contribution is -0.127. The Hall–Kier alpha value is -2.70. The number of hydrogen-bond acceptors (Lipinski definition) is 3. The fourth-order valence-corrected chi connectivity index (χ4v) is 3.20. The predicted octanol–water partition coefficient (Wildman–Crippen LogP) is 5.58. The summed E-state index contributed by atoms with van der Waals surface area (Å²) in [5, 5.41) is 6.18. The molecule has 0 spiro atoms. The average molecular weight is 434 g/mol. The van der Waals surface area contributed by atoms with Crippen LogP contribution in [0.5, 0.6) is 5.75 Å². The molecule has 0 unspecified atom stereocenters. The van der Waals surface area contributed by atoms with Gasteiger partial charge in [-0.2, -0.15) is 0 Å². The first-order chi connectivity index (χ1) is 13.7. The van der Waals surface area contributed by atoms with Gasteiger partial charge in [-0.3, -0.25) is 4.79 Å². The molecule has 152 valence electrons. The second-order valence-corrected chi connectivity index (χ2v) is 8.08. The van der Waals surface area contributed by atoms with E-state index in [1.54, 1.807) is 47.4 Å². The molecule has 29 heavy (non-hydrogen) atoms. The first-order valence-corrected chi connectivity index (χ1v) is 9.69. The number of halogens is 2. The van der Waals surface area contributed by atoms with Crippen LogP contribution in [0.2, 0.25) is 10.0 Å². The van der Waals surface area contributed by atoms with Crippen molar-refractivity contribution in [3.05, 3.63) is 59.1 Å². The van der Waals surface area contributed by atoms with E-state index in [1.807, 2.05) is 13.8 Å².